The molecule has 0 aliphatic heterocycles. The number of hydrogen-bond acceptors (Lipinski definition) is 3. The van der Waals surface area contributed by atoms with E-state index in [1.165, 1.54) is 0 Å². The molecule has 0 aliphatic carbocycles. The minimum Gasteiger partial charge on any atom is -0.484 e. The zero-order valence-corrected chi connectivity index (χ0v) is 13.4. The maximum Gasteiger partial charge on any atom is 0.255 e. The van der Waals surface area contributed by atoms with E-state index >= 15 is 0 Å². The van der Waals surface area contributed by atoms with Crippen molar-refractivity contribution >= 4 is 39.1 Å². The highest BCUT2D eigenvalue weighted by molar-refractivity contribution is 9.10. The second-order valence-corrected chi connectivity index (χ2v) is 5.65. The van der Waals surface area contributed by atoms with Gasteiger partial charge in [0, 0.05) is 16.7 Å². The molecule has 0 aliphatic rings. The first-order valence-electron chi connectivity index (χ1n) is 6.23. The molecule has 0 unspecified atom stereocenters. The van der Waals surface area contributed by atoms with Crippen molar-refractivity contribution in [3.05, 3.63) is 57.5 Å². The first kappa shape index (κ1) is 15.7. The van der Waals surface area contributed by atoms with E-state index in [1.54, 1.807) is 6.07 Å². The number of nitrogens with one attached hydrogen (secondary N) is 1. The molecule has 0 aromatic heterocycles. The van der Waals surface area contributed by atoms with Gasteiger partial charge in [-0.25, -0.2) is 0 Å². The van der Waals surface area contributed by atoms with Gasteiger partial charge in [0.05, 0.1) is 5.02 Å². The molecule has 110 valence electrons. The Morgan fingerprint density at radius 3 is 2.81 bits per heavy atom. The maximum atomic E-state index is 10.7. The summed E-state index contributed by atoms with van der Waals surface area (Å²) in [5.41, 5.74) is 6.99. The number of hydrogen-bond donors (Lipinski definition) is 2. The molecule has 2 aromatic rings. The molecular weight excluding hydrogens is 356 g/mol. The minimum atomic E-state index is -0.497. The van der Waals surface area contributed by atoms with Crippen LogP contribution in [0.3, 0.4) is 0 Å². The standard InChI is InChI=1S/C15H14BrClN2O2/c16-13-5-4-11(7-14(13)17)19-8-10-2-1-3-12(6-10)21-9-15(18)20/h1-7,19H,8-9H2,(H2,18,20). The van der Waals surface area contributed by atoms with Gasteiger partial charge in [-0.3, -0.25) is 4.79 Å². The molecule has 1 amide bonds. The molecule has 2 aromatic carbocycles. The van der Waals surface area contributed by atoms with Crippen molar-refractivity contribution in [1.29, 1.82) is 0 Å². The number of ether oxygens (including phenoxy) is 1. The van der Waals surface area contributed by atoms with Crippen molar-refractivity contribution in [2.45, 2.75) is 6.54 Å². The second kappa shape index (κ2) is 7.33. The molecule has 0 bridgehead atoms. The van der Waals surface area contributed by atoms with Gasteiger partial charge in [-0.05, 0) is 51.8 Å². The molecule has 3 N–H and O–H groups in total. The van der Waals surface area contributed by atoms with Crippen LogP contribution in [-0.2, 0) is 11.3 Å². The first-order chi connectivity index (χ1) is 10.0. The summed E-state index contributed by atoms with van der Waals surface area (Å²) in [7, 11) is 0. The van der Waals surface area contributed by atoms with Crippen LogP contribution >= 0.6 is 27.5 Å². The molecule has 6 heteroatoms. The Labute approximate surface area is 136 Å². The molecule has 21 heavy (non-hydrogen) atoms. The fourth-order valence-electron chi connectivity index (χ4n) is 1.71. The average Bonchev–Trinajstić information content (AvgIpc) is 2.47. The van der Waals surface area contributed by atoms with Gasteiger partial charge in [-0.15, -0.1) is 0 Å². The average molecular weight is 370 g/mol. The van der Waals surface area contributed by atoms with E-state index in [9.17, 15) is 4.79 Å². The molecule has 0 saturated heterocycles. The Morgan fingerprint density at radius 2 is 2.10 bits per heavy atom. The Bertz CT molecular complexity index is 649. The number of rotatable bonds is 6. The lowest BCUT2D eigenvalue weighted by Gasteiger charge is -2.09. The van der Waals surface area contributed by atoms with Crippen LogP contribution < -0.4 is 15.8 Å². The van der Waals surface area contributed by atoms with Crippen LogP contribution in [0.5, 0.6) is 5.75 Å². The van der Waals surface area contributed by atoms with E-state index in [1.807, 2.05) is 36.4 Å². The van der Waals surface area contributed by atoms with E-state index < -0.39 is 5.91 Å². The van der Waals surface area contributed by atoms with Crippen molar-refractivity contribution in [3.8, 4) is 5.75 Å². The number of primary amides is 1. The summed E-state index contributed by atoms with van der Waals surface area (Å²) in [5, 5.41) is 3.92. The predicted octanol–water partition coefficient (Wildman–Crippen LogP) is 3.58. The summed E-state index contributed by atoms with van der Waals surface area (Å²) in [6.07, 6.45) is 0. The van der Waals surface area contributed by atoms with Crippen molar-refractivity contribution < 1.29 is 9.53 Å². The summed E-state index contributed by atoms with van der Waals surface area (Å²) >= 11 is 9.39. The number of benzene rings is 2. The molecule has 0 spiro atoms. The Hall–Kier alpha value is -1.72. The highest BCUT2D eigenvalue weighted by atomic mass is 79.9. The summed E-state index contributed by atoms with van der Waals surface area (Å²) in [6.45, 7) is 0.491. The third-order valence-corrected chi connectivity index (χ3v) is 3.93. The van der Waals surface area contributed by atoms with E-state index in [0.29, 0.717) is 17.3 Å². The van der Waals surface area contributed by atoms with Crippen molar-refractivity contribution in [3.63, 3.8) is 0 Å². The molecule has 2 rings (SSSR count). The number of amides is 1. The minimum absolute atomic E-state index is 0.126. The Morgan fingerprint density at radius 1 is 1.29 bits per heavy atom. The second-order valence-electron chi connectivity index (χ2n) is 4.38. The number of nitrogens with two attached hydrogens (primary N) is 1. The third-order valence-electron chi connectivity index (χ3n) is 2.70. The molecule has 0 atom stereocenters. The predicted molar refractivity (Wildman–Crippen MR) is 87.6 cm³/mol. The summed E-state index contributed by atoms with van der Waals surface area (Å²) in [5.74, 6) is 0.116. The molecule has 4 nitrogen and oxygen atoms in total. The van der Waals surface area contributed by atoms with Crippen LogP contribution in [0.4, 0.5) is 5.69 Å². The summed E-state index contributed by atoms with van der Waals surface area (Å²) in [6, 6.07) is 13.1. The van der Waals surface area contributed by atoms with Gasteiger partial charge in [-0.2, -0.15) is 0 Å². The van der Waals surface area contributed by atoms with Crippen molar-refractivity contribution in [1.82, 2.24) is 0 Å². The van der Waals surface area contributed by atoms with Crippen LogP contribution in [0.25, 0.3) is 0 Å². The molecule has 0 radical (unpaired) electrons. The van der Waals surface area contributed by atoms with Crippen LogP contribution in [0, 0.1) is 0 Å². The fourth-order valence-corrected chi connectivity index (χ4v) is 2.14. The first-order valence-corrected chi connectivity index (χ1v) is 7.40. The van der Waals surface area contributed by atoms with Gasteiger partial charge < -0.3 is 15.8 Å². The maximum absolute atomic E-state index is 10.7. The monoisotopic (exact) mass is 368 g/mol. The molecule has 0 heterocycles. The van der Waals surface area contributed by atoms with Gasteiger partial charge in [0.15, 0.2) is 6.61 Å². The van der Waals surface area contributed by atoms with Crippen LogP contribution in [0.2, 0.25) is 5.02 Å². The molecule has 0 saturated carbocycles. The van der Waals surface area contributed by atoms with Crippen molar-refractivity contribution in [2.75, 3.05) is 11.9 Å². The van der Waals surface area contributed by atoms with Gasteiger partial charge in [0.25, 0.3) is 5.91 Å². The van der Waals surface area contributed by atoms with Gasteiger partial charge >= 0.3 is 0 Å². The highest BCUT2D eigenvalue weighted by Gasteiger charge is 2.01. The molecule has 0 fully saturated rings. The normalized spacial score (nSPS) is 10.2. The molecular formula is C15H14BrClN2O2. The topological polar surface area (TPSA) is 64.4 Å². The number of carbonyl (C=O) groups is 1. The quantitative estimate of drug-likeness (QED) is 0.818. The van der Waals surface area contributed by atoms with Crippen LogP contribution in [-0.4, -0.2) is 12.5 Å². The Kier molecular flexibility index (Phi) is 5.47. The summed E-state index contributed by atoms with van der Waals surface area (Å²) in [4.78, 5) is 10.7. The van der Waals surface area contributed by atoms with Gasteiger partial charge in [-0.1, -0.05) is 23.7 Å². The fraction of sp³-hybridized carbons (Fsp3) is 0.133. The van der Waals surface area contributed by atoms with E-state index in [-0.39, 0.29) is 6.61 Å². The lowest BCUT2D eigenvalue weighted by molar-refractivity contribution is -0.119. The van der Waals surface area contributed by atoms with Crippen molar-refractivity contribution in [2.24, 2.45) is 5.73 Å². The third kappa shape index (κ3) is 4.95. The van der Waals surface area contributed by atoms with Crippen LogP contribution in [0.1, 0.15) is 5.56 Å². The smallest absolute Gasteiger partial charge is 0.255 e. The van der Waals surface area contributed by atoms with E-state index in [2.05, 4.69) is 21.2 Å². The van der Waals surface area contributed by atoms with Gasteiger partial charge in [0.1, 0.15) is 5.75 Å². The van der Waals surface area contributed by atoms with E-state index in [4.69, 9.17) is 22.1 Å². The number of anilines is 1. The highest BCUT2D eigenvalue weighted by Crippen LogP contribution is 2.26. The number of halogens is 2. The zero-order chi connectivity index (χ0) is 15.2. The summed E-state index contributed by atoms with van der Waals surface area (Å²) < 4.78 is 6.12. The lowest BCUT2D eigenvalue weighted by atomic mass is 10.2. The lowest BCUT2D eigenvalue weighted by Crippen LogP contribution is -2.20. The largest absolute Gasteiger partial charge is 0.484 e. The number of carbonyl (C=O) groups excluding carboxylic acids is 1. The Balaban J connectivity index is 1.97. The van der Waals surface area contributed by atoms with Crippen LogP contribution in [0.15, 0.2) is 46.9 Å². The SMILES string of the molecule is NC(=O)COc1cccc(CNc2ccc(Br)c(Cl)c2)c1. The zero-order valence-electron chi connectivity index (χ0n) is 11.1. The van der Waals surface area contributed by atoms with E-state index in [0.717, 1.165) is 15.7 Å². The van der Waals surface area contributed by atoms with Gasteiger partial charge in [0.2, 0.25) is 0 Å².